The number of rotatable bonds is 3. The molecule has 0 amide bonds. The highest BCUT2D eigenvalue weighted by atomic mass is 15.0. The van der Waals surface area contributed by atoms with Gasteiger partial charge in [-0.25, -0.2) is 0 Å². The second-order valence-corrected chi connectivity index (χ2v) is 5.33. The summed E-state index contributed by atoms with van der Waals surface area (Å²) < 4.78 is 2.37. The van der Waals surface area contributed by atoms with Crippen molar-refractivity contribution >= 4 is 10.9 Å². The smallest absolute Gasteiger partial charge is 0.0485 e. The molecule has 0 radical (unpaired) electrons. The highest BCUT2D eigenvalue weighted by Crippen LogP contribution is 2.26. The summed E-state index contributed by atoms with van der Waals surface area (Å²) in [6, 6.07) is 19.9. The van der Waals surface area contributed by atoms with Crippen LogP contribution in [0.15, 0.2) is 60.8 Å². The minimum Gasteiger partial charge on any atom is -0.345 e. The van der Waals surface area contributed by atoms with Crippen LogP contribution in [0.2, 0.25) is 0 Å². The van der Waals surface area contributed by atoms with Crippen molar-refractivity contribution < 1.29 is 0 Å². The third kappa shape index (κ3) is 2.28. The first-order chi connectivity index (χ1) is 9.25. The molecule has 0 spiro atoms. The van der Waals surface area contributed by atoms with Crippen LogP contribution in [0.25, 0.3) is 10.9 Å². The number of hydrogen-bond donors (Lipinski definition) is 0. The minimum absolute atomic E-state index is 0.495. The molecule has 0 fully saturated rings. The van der Waals surface area contributed by atoms with Crippen LogP contribution < -0.4 is 0 Å². The van der Waals surface area contributed by atoms with Gasteiger partial charge < -0.3 is 4.57 Å². The van der Waals surface area contributed by atoms with E-state index in [0.717, 1.165) is 6.42 Å². The van der Waals surface area contributed by atoms with Crippen LogP contribution in [0.5, 0.6) is 0 Å². The molecule has 0 atom stereocenters. The molecule has 0 saturated heterocycles. The van der Waals surface area contributed by atoms with E-state index in [1.165, 1.54) is 22.0 Å². The lowest BCUT2D eigenvalue weighted by Crippen LogP contribution is -1.97. The second-order valence-electron chi connectivity index (χ2n) is 5.33. The number of nitrogens with zero attached hydrogens (tertiary/aromatic N) is 1. The van der Waals surface area contributed by atoms with E-state index in [9.17, 15) is 0 Å². The Hall–Kier alpha value is -2.02. The van der Waals surface area contributed by atoms with Gasteiger partial charge in [0, 0.05) is 23.1 Å². The lowest BCUT2D eigenvalue weighted by Gasteiger charge is -2.08. The Morgan fingerprint density at radius 1 is 0.895 bits per heavy atom. The van der Waals surface area contributed by atoms with E-state index in [-0.39, 0.29) is 0 Å². The van der Waals surface area contributed by atoms with Crippen molar-refractivity contribution in [3.63, 3.8) is 0 Å². The second kappa shape index (κ2) is 4.93. The van der Waals surface area contributed by atoms with Gasteiger partial charge in [-0.3, -0.25) is 0 Å². The van der Waals surface area contributed by atoms with E-state index >= 15 is 0 Å². The molecule has 1 heteroatoms. The molecule has 1 nitrogen and oxygen atoms in total. The number of benzene rings is 2. The van der Waals surface area contributed by atoms with Crippen molar-refractivity contribution in [1.29, 1.82) is 0 Å². The highest BCUT2D eigenvalue weighted by molar-refractivity contribution is 5.84. The Morgan fingerprint density at radius 3 is 2.32 bits per heavy atom. The standard InChI is InChI=1S/C18H19N/c1-14(2)19-13-16(12-15-8-4-3-5-9-15)17-10-6-7-11-18(17)19/h3-11,13-14H,12H2,1-2H3. The largest absolute Gasteiger partial charge is 0.345 e. The van der Waals surface area contributed by atoms with Crippen molar-refractivity contribution in [2.75, 3.05) is 0 Å². The molecule has 0 unspecified atom stereocenters. The van der Waals surface area contributed by atoms with Gasteiger partial charge in [-0.05, 0) is 37.5 Å². The Labute approximate surface area is 114 Å². The fourth-order valence-electron chi connectivity index (χ4n) is 2.66. The Morgan fingerprint density at radius 2 is 1.58 bits per heavy atom. The zero-order chi connectivity index (χ0) is 13.2. The van der Waals surface area contributed by atoms with Crippen LogP contribution in [0.4, 0.5) is 0 Å². The summed E-state index contributed by atoms with van der Waals surface area (Å²) in [6.45, 7) is 4.47. The summed E-state index contributed by atoms with van der Waals surface area (Å²) in [5.74, 6) is 0. The maximum Gasteiger partial charge on any atom is 0.0485 e. The summed E-state index contributed by atoms with van der Waals surface area (Å²) >= 11 is 0. The summed E-state index contributed by atoms with van der Waals surface area (Å²) in [6.07, 6.45) is 3.31. The number of fused-ring (bicyclic) bond motifs is 1. The molecule has 0 aliphatic heterocycles. The average Bonchev–Trinajstić information content (AvgIpc) is 2.79. The van der Waals surface area contributed by atoms with E-state index < -0.39 is 0 Å². The van der Waals surface area contributed by atoms with Crippen LogP contribution in [0, 0.1) is 0 Å². The highest BCUT2D eigenvalue weighted by Gasteiger charge is 2.10. The van der Waals surface area contributed by atoms with Crippen molar-refractivity contribution in [1.82, 2.24) is 4.57 Å². The molecular formula is C18H19N. The fourth-order valence-corrected chi connectivity index (χ4v) is 2.66. The zero-order valence-corrected chi connectivity index (χ0v) is 11.5. The van der Waals surface area contributed by atoms with Gasteiger partial charge >= 0.3 is 0 Å². The molecule has 0 saturated carbocycles. The molecule has 3 rings (SSSR count). The fraction of sp³-hybridized carbons (Fsp3) is 0.222. The first-order valence-electron chi connectivity index (χ1n) is 6.88. The topological polar surface area (TPSA) is 4.93 Å². The lowest BCUT2D eigenvalue weighted by atomic mass is 10.0. The van der Waals surface area contributed by atoms with Crippen LogP contribution in [-0.2, 0) is 6.42 Å². The van der Waals surface area contributed by atoms with Crippen molar-refractivity contribution in [3.05, 3.63) is 71.9 Å². The first kappa shape index (κ1) is 12.0. The predicted molar refractivity (Wildman–Crippen MR) is 81.6 cm³/mol. The maximum absolute atomic E-state index is 2.37. The monoisotopic (exact) mass is 249 g/mol. The SMILES string of the molecule is CC(C)n1cc(Cc2ccccc2)c2ccccc21. The number of hydrogen-bond acceptors (Lipinski definition) is 0. The molecule has 96 valence electrons. The van der Waals surface area contributed by atoms with Gasteiger partial charge in [0.05, 0.1) is 0 Å². The zero-order valence-electron chi connectivity index (χ0n) is 11.5. The van der Waals surface area contributed by atoms with Crippen molar-refractivity contribution in [2.24, 2.45) is 0 Å². The Kier molecular flexibility index (Phi) is 3.12. The molecule has 0 bridgehead atoms. The quantitative estimate of drug-likeness (QED) is 0.627. The third-order valence-corrected chi connectivity index (χ3v) is 3.62. The summed E-state index contributed by atoms with van der Waals surface area (Å²) in [4.78, 5) is 0. The lowest BCUT2D eigenvalue weighted by molar-refractivity contribution is 0.621. The van der Waals surface area contributed by atoms with Gasteiger partial charge in [0.25, 0.3) is 0 Å². The minimum atomic E-state index is 0.495. The van der Waals surface area contributed by atoms with E-state index in [2.05, 4.69) is 79.2 Å². The van der Waals surface area contributed by atoms with Gasteiger partial charge in [0.1, 0.15) is 0 Å². The van der Waals surface area contributed by atoms with Crippen LogP contribution in [0.1, 0.15) is 31.0 Å². The number of para-hydroxylation sites is 1. The predicted octanol–water partition coefficient (Wildman–Crippen LogP) is 4.81. The molecule has 2 aromatic carbocycles. The molecule has 0 aliphatic carbocycles. The molecule has 1 aromatic heterocycles. The molecule has 1 heterocycles. The van der Waals surface area contributed by atoms with Crippen LogP contribution in [0.3, 0.4) is 0 Å². The van der Waals surface area contributed by atoms with E-state index in [4.69, 9.17) is 0 Å². The molecular weight excluding hydrogens is 230 g/mol. The van der Waals surface area contributed by atoms with Crippen molar-refractivity contribution in [2.45, 2.75) is 26.3 Å². The average molecular weight is 249 g/mol. The summed E-state index contributed by atoms with van der Waals surface area (Å²) in [7, 11) is 0. The normalized spacial score (nSPS) is 11.3. The van der Waals surface area contributed by atoms with E-state index in [1.807, 2.05) is 0 Å². The molecule has 3 aromatic rings. The Bertz CT molecular complexity index is 677. The molecule has 0 aliphatic rings. The van der Waals surface area contributed by atoms with Gasteiger partial charge in [-0.15, -0.1) is 0 Å². The van der Waals surface area contributed by atoms with Gasteiger partial charge in [-0.2, -0.15) is 0 Å². The maximum atomic E-state index is 2.37. The molecule has 0 N–H and O–H groups in total. The molecule has 19 heavy (non-hydrogen) atoms. The van der Waals surface area contributed by atoms with E-state index in [0.29, 0.717) is 6.04 Å². The van der Waals surface area contributed by atoms with Gasteiger partial charge in [0.15, 0.2) is 0 Å². The van der Waals surface area contributed by atoms with Gasteiger partial charge in [0.2, 0.25) is 0 Å². The Balaban J connectivity index is 2.09. The van der Waals surface area contributed by atoms with Crippen molar-refractivity contribution in [3.8, 4) is 0 Å². The van der Waals surface area contributed by atoms with Gasteiger partial charge in [-0.1, -0.05) is 48.5 Å². The van der Waals surface area contributed by atoms with Crippen LogP contribution >= 0.6 is 0 Å². The number of aromatic nitrogens is 1. The van der Waals surface area contributed by atoms with Crippen LogP contribution in [-0.4, -0.2) is 4.57 Å². The first-order valence-corrected chi connectivity index (χ1v) is 6.88. The summed E-state index contributed by atoms with van der Waals surface area (Å²) in [5.41, 5.74) is 4.12. The third-order valence-electron chi connectivity index (χ3n) is 3.62. The summed E-state index contributed by atoms with van der Waals surface area (Å²) in [5, 5.41) is 1.38. The van der Waals surface area contributed by atoms with E-state index in [1.54, 1.807) is 0 Å².